The van der Waals surface area contributed by atoms with E-state index >= 15 is 0 Å². The van der Waals surface area contributed by atoms with E-state index < -0.39 is 41.0 Å². The van der Waals surface area contributed by atoms with E-state index in [-0.39, 0.29) is 50.3 Å². The van der Waals surface area contributed by atoms with E-state index in [2.05, 4.69) is 56.7 Å². The van der Waals surface area contributed by atoms with Crippen LogP contribution in [-0.4, -0.2) is 104 Å². The first-order chi connectivity index (χ1) is 29.0. The molecule has 0 spiro atoms. The molecular formula is C46H58N8O7. The Bertz CT molecular complexity index is 2490. The number of aliphatic hydroxyl groups is 1. The zero-order valence-corrected chi connectivity index (χ0v) is 36.6. The summed E-state index contributed by atoms with van der Waals surface area (Å²) in [6.45, 7) is 14.0. The maximum absolute atomic E-state index is 14.7. The number of methoxy groups -OCH3 is 1. The highest BCUT2D eigenvalue weighted by Crippen LogP contribution is 2.42. The van der Waals surface area contributed by atoms with Gasteiger partial charge in [0.05, 0.1) is 35.8 Å². The van der Waals surface area contributed by atoms with Crippen molar-refractivity contribution >= 4 is 45.5 Å². The number of carbonyl (C=O) groups is 4. The molecular weight excluding hydrogens is 777 g/mol. The maximum atomic E-state index is 14.7. The Kier molecular flexibility index (Phi) is 12.1. The second-order valence-electron chi connectivity index (χ2n) is 17.7. The zero-order chi connectivity index (χ0) is 44.0. The van der Waals surface area contributed by atoms with Crippen molar-refractivity contribution in [3.8, 4) is 22.4 Å². The van der Waals surface area contributed by atoms with E-state index in [1.807, 2.05) is 52.8 Å². The van der Waals surface area contributed by atoms with Crippen molar-refractivity contribution in [2.45, 2.75) is 105 Å². The molecule has 4 atom stereocenters. The van der Waals surface area contributed by atoms with Gasteiger partial charge in [-0.25, -0.2) is 4.79 Å². The quantitative estimate of drug-likeness (QED) is 0.147. The molecule has 0 radical (unpaired) electrons. The third-order valence-corrected chi connectivity index (χ3v) is 12.2. The lowest BCUT2D eigenvalue weighted by Gasteiger charge is -2.40. The average molecular weight is 835 g/mol. The molecule has 61 heavy (non-hydrogen) atoms. The number of H-pyrrole nitrogens is 1. The Morgan fingerprint density at radius 2 is 1.89 bits per heavy atom. The summed E-state index contributed by atoms with van der Waals surface area (Å²) in [5.41, 5.74) is 8.01. The average Bonchev–Trinajstić information content (AvgIpc) is 3.83. The molecule has 15 nitrogen and oxygen atoms in total. The first-order valence-corrected chi connectivity index (χ1v) is 21.1. The molecule has 15 heteroatoms. The first kappa shape index (κ1) is 43.4. The molecule has 6 bridgehead atoms. The van der Waals surface area contributed by atoms with Gasteiger partial charge in [-0.05, 0) is 85.2 Å². The van der Waals surface area contributed by atoms with Gasteiger partial charge < -0.3 is 29.4 Å². The van der Waals surface area contributed by atoms with Gasteiger partial charge >= 0.3 is 5.97 Å². The van der Waals surface area contributed by atoms with Gasteiger partial charge in [0.2, 0.25) is 17.5 Å². The fraction of sp³-hybridized carbons (Fsp3) is 0.478. The zero-order valence-electron chi connectivity index (χ0n) is 36.6. The molecule has 0 aliphatic carbocycles. The van der Waals surface area contributed by atoms with Crippen molar-refractivity contribution in [1.29, 1.82) is 0 Å². The maximum Gasteiger partial charge on any atom is 0.355 e. The number of nitrogens with one attached hydrogen (secondary N) is 3. The Morgan fingerprint density at radius 1 is 1.11 bits per heavy atom. The predicted molar refractivity (Wildman–Crippen MR) is 232 cm³/mol. The van der Waals surface area contributed by atoms with Crippen molar-refractivity contribution in [2.75, 3.05) is 27.3 Å². The highest BCUT2D eigenvalue weighted by Gasteiger charge is 2.45. The minimum absolute atomic E-state index is 0.00195. The molecule has 5 heterocycles. The standard InChI is InChI=1S/C46H58N8O7/c1-10-53-38-15-14-29-20-33(38)34(41(53)32-13-11-17-47-39(32)27(4)60-9)23-45(6,7)25-61-44(58)46(59)16-12-18-54(51-46)43(57)37(49-42(56)40(26(2)3)52(8)28(5)55)22-31-19-30(29)21-36-35(31)24-48-50-36/h11,13-15,17,19-21,24,26-27,37,40,51,59H,10,12,16,18,22-23,25H2,1-9H3,(H,48,50)(H,49,56)/t27-,37-,40-,46-/m0/s1. The van der Waals surface area contributed by atoms with Crippen LogP contribution in [0.25, 0.3) is 44.2 Å². The summed E-state index contributed by atoms with van der Waals surface area (Å²) < 4.78 is 14.1. The highest BCUT2D eigenvalue weighted by molar-refractivity contribution is 5.97. The van der Waals surface area contributed by atoms with Crippen molar-refractivity contribution in [3.05, 3.63) is 71.7 Å². The third kappa shape index (κ3) is 8.38. The van der Waals surface area contributed by atoms with E-state index in [0.29, 0.717) is 13.0 Å². The Morgan fingerprint density at radius 3 is 2.59 bits per heavy atom. The van der Waals surface area contributed by atoms with Crippen LogP contribution in [0.4, 0.5) is 0 Å². The first-order valence-electron chi connectivity index (χ1n) is 21.1. The minimum Gasteiger partial charge on any atom is -0.462 e. The number of cyclic esters (lactones) is 1. The van der Waals surface area contributed by atoms with Crippen LogP contribution in [0.15, 0.2) is 54.9 Å². The van der Waals surface area contributed by atoms with Crippen LogP contribution in [0.1, 0.15) is 84.2 Å². The van der Waals surface area contributed by atoms with Crippen LogP contribution >= 0.6 is 0 Å². The van der Waals surface area contributed by atoms with E-state index in [4.69, 9.17) is 14.5 Å². The number of hydrazine groups is 1. The van der Waals surface area contributed by atoms with Crippen LogP contribution in [0, 0.1) is 11.3 Å². The summed E-state index contributed by atoms with van der Waals surface area (Å²) in [4.78, 5) is 61.4. The number of pyridine rings is 1. The van der Waals surface area contributed by atoms with E-state index in [0.717, 1.165) is 61.0 Å². The number of likely N-dealkylation sites (N-methyl/N-ethyl adjacent to an activating group) is 1. The number of amides is 3. The molecule has 1 fully saturated rings. The largest absolute Gasteiger partial charge is 0.462 e. The molecule has 0 saturated carbocycles. The molecule has 2 aliphatic rings. The van der Waals surface area contributed by atoms with Crippen LogP contribution in [0.5, 0.6) is 0 Å². The highest BCUT2D eigenvalue weighted by atomic mass is 16.6. The molecule has 0 unspecified atom stereocenters. The minimum atomic E-state index is -2.21. The van der Waals surface area contributed by atoms with Gasteiger partial charge in [0.25, 0.3) is 5.91 Å². The number of rotatable bonds is 8. The molecule has 4 N–H and O–H groups in total. The summed E-state index contributed by atoms with van der Waals surface area (Å²) in [5.74, 6) is -2.55. The molecule has 324 valence electrons. The lowest BCUT2D eigenvalue weighted by atomic mass is 9.84. The topological polar surface area (TPSA) is 184 Å². The number of hydrogen-bond donors (Lipinski definition) is 4. The third-order valence-electron chi connectivity index (χ3n) is 12.2. The number of aromatic nitrogens is 4. The van der Waals surface area contributed by atoms with Crippen molar-refractivity contribution in [3.63, 3.8) is 0 Å². The summed E-state index contributed by atoms with van der Waals surface area (Å²) in [5, 5.41) is 25.3. The summed E-state index contributed by atoms with van der Waals surface area (Å²) in [6, 6.07) is 12.4. The Balaban J connectivity index is 1.44. The lowest BCUT2D eigenvalue weighted by Crippen LogP contribution is -2.67. The second-order valence-corrected chi connectivity index (χ2v) is 17.7. The molecule has 2 aliphatic heterocycles. The van der Waals surface area contributed by atoms with Gasteiger partial charge in [0.15, 0.2) is 0 Å². The van der Waals surface area contributed by atoms with Crippen LogP contribution in [-0.2, 0) is 48.0 Å². The summed E-state index contributed by atoms with van der Waals surface area (Å²) in [6.07, 6.45) is 4.00. The number of esters is 1. The molecule has 7 rings (SSSR count). The fourth-order valence-corrected chi connectivity index (χ4v) is 8.97. The number of aryl methyl sites for hydroxylation is 1. The van der Waals surface area contributed by atoms with Gasteiger partial charge in [-0.1, -0.05) is 39.8 Å². The van der Waals surface area contributed by atoms with Crippen molar-refractivity contribution in [2.24, 2.45) is 11.3 Å². The van der Waals surface area contributed by atoms with Crippen molar-refractivity contribution < 1.29 is 33.8 Å². The fourth-order valence-electron chi connectivity index (χ4n) is 8.97. The number of aromatic amines is 1. The number of hydrogen-bond acceptors (Lipinski definition) is 10. The number of ether oxygens (including phenoxy) is 2. The van der Waals surface area contributed by atoms with Gasteiger partial charge in [-0.3, -0.25) is 29.5 Å². The van der Waals surface area contributed by atoms with Gasteiger partial charge in [-0.2, -0.15) is 10.5 Å². The Labute approximate surface area is 356 Å². The molecule has 3 amide bonds. The smallest absolute Gasteiger partial charge is 0.355 e. The normalized spacial score (nSPS) is 20.6. The number of nitrogens with zero attached hydrogens (tertiary/aromatic N) is 5. The predicted octanol–water partition coefficient (Wildman–Crippen LogP) is 5.45. The van der Waals surface area contributed by atoms with Crippen molar-refractivity contribution in [1.82, 2.24) is 40.4 Å². The summed E-state index contributed by atoms with van der Waals surface area (Å²) >= 11 is 0. The summed E-state index contributed by atoms with van der Waals surface area (Å²) in [7, 11) is 3.23. The Hall–Kier alpha value is -5.64. The van der Waals surface area contributed by atoms with Crippen LogP contribution in [0.2, 0.25) is 0 Å². The molecule has 3 aromatic heterocycles. The van der Waals surface area contributed by atoms with E-state index in [9.17, 15) is 24.3 Å². The van der Waals surface area contributed by atoms with Gasteiger partial charge in [-0.15, -0.1) is 0 Å². The number of benzene rings is 2. The van der Waals surface area contributed by atoms with Crippen LogP contribution in [0.3, 0.4) is 0 Å². The molecule has 2 aromatic carbocycles. The van der Waals surface area contributed by atoms with Gasteiger partial charge in [0.1, 0.15) is 12.1 Å². The number of fused-ring (bicyclic) bond motifs is 8. The van der Waals surface area contributed by atoms with Crippen LogP contribution < -0.4 is 10.7 Å². The molecule has 5 aromatic rings. The second kappa shape index (κ2) is 17.0. The van der Waals surface area contributed by atoms with E-state index in [1.54, 1.807) is 26.6 Å². The number of carbonyl (C=O) groups excluding carboxylic acids is 4. The van der Waals surface area contributed by atoms with E-state index in [1.165, 1.54) is 16.8 Å². The lowest BCUT2D eigenvalue weighted by molar-refractivity contribution is -0.189. The van der Waals surface area contributed by atoms with Gasteiger partial charge in [0, 0.05) is 80.5 Å². The molecule has 1 saturated heterocycles. The monoisotopic (exact) mass is 834 g/mol. The SMILES string of the molecule is CCn1c(-c2cccnc2[C@H](C)OC)c2c3cc(ccc31)-c1cc(c3cn[nH]c3c1)C[C@H](NC(=O)[C@H](C(C)C)N(C)C(C)=O)C(=O)N1CCC[C@@](O)(N1)C(=O)OCC(C)(C)C2.